The lowest BCUT2D eigenvalue weighted by Gasteiger charge is -2.33. The fourth-order valence-corrected chi connectivity index (χ4v) is 4.17. The normalized spacial score (nSPS) is 15.6. The van der Waals surface area contributed by atoms with Crippen molar-refractivity contribution in [3.05, 3.63) is 65.2 Å². The molecule has 5 nitrogen and oxygen atoms in total. The van der Waals surface area contributed by atoms with Crippen molar-refractivity contribution in [1.82, 2.24) is 10.2 Å². The highest BCUT2D eigenvalue weighted by Gasteiger charge is 2.30. The van der Waals surface area contributed by atoms with Crippen molar-refractivity contribution in [2.24, 2.45) is 5.92 Å². The molecule has 1 aliphatic rings. The van der Waals surface area contributed by atoms with Crippen LogP contribution in [0.15, 0.2) is 48.5 Å². The summed E-state index contributed by atoms with van der Waals surface area (Å²) in [5.41, 5.74) is 3.56. The Hall–Kier alpha value is -2.82. The van der Waals surface area contributed by atoms with E-state index in [1.54, 1.807) is 6.92 Å². The van der Waals surface area contributed by atoms with Crippen LogP contribution >= 0.6 is 0 Å². The Morgan fingerprint density at radius 1 is 1.06 bits per heavy atom. The molecule has 166 valence electrons. The highest BCUT2D eigenvalue weighted by molar-refractivity contribution is 5.82. The number of nitrogens with one attached hydrogen (secondary N) is 1. The zero-order valence-electron chi connectivity index (χ0n) is 19.1. The van der Waals surface area contributed by atoms with Crippen LogP contribution in [0.5, 0.6) is 5.75 Å². The summed E-state index contributed by atoms with van der Waals surface area (Å²) in [5.74, 6) is 1.18. The highest BCUT2D eigenvalue weighted by Crippen LogP contribution is 2.25. The van der Waals surface area contributed by atoms with Crippen LogP contribution < -0.4 is 10.1 Å². The van der Waals surface area contributed by atoms with Crippen LogP contribution in [0.4, 0.5) is 0 Å². The maximum atomic E-state index is 12.9. The minimum Gasteiger partial charge on any atom is -0.481 e. The molecule has 1 unspecified atom stereocenters. The van der Waals surface area contributed by atoms with Gasteiger partial charge < -0.3 is 15.0 Å². The number of nitrogens with zero attached hydrogens (tertiary/aromatic N) is 1. The minimum atomic E-state index is -0.548. The lowest BCUT2D eigenvalue weighted by molar-refractivity contribution is -0.141. The first-order valence-corrected chi connectivity index (χ1v) is 11.2. The first-order chi connectivity index (χ1) is 14.8. The Morgan fingerprint density at radius 2 is 1.74 bits per heavy atom. The smallest absolute Gasteiger partial charge is 0.263 e. The van der Waals surface area contributed by atoms with Gasteiger partial charge in [-0.05, 0) is 61.4 Å². The third-order valence-corrected chi connectivity index (χ3v) is 6.01. The van der Waals surface area contributed by atoms with Crippen molar-refractivity contribution in [3.63, 3.8) is 0 Å². The van der Waals surface area contributed by atoms with Gasteiger partial charge in [-0.15, -0.1) is 0 Å². The lowest BCUT2D eigenvalue weighted by Crippen LogP contribution is -2.47. The molecule has 1 fully saturated rings. The van der Waals surface area contributed by atoms with E-state index in [1.807, 2.05) is 47.4 Å². The molecule has 0 aliphatic carbocycles. The summed E-state index contributed by atoms with van der Waals surface area (Å²) in [6.45, 7) is 9.91. The monoisotopic (exact) mass is 422 g/mol. The van der Waals surface area contributed by atoms with Gasteiger partial charge in [-0.1, -0.05) is 50.2 Å². The van der Waals surface area contributed by atoms with Crippen LogP contribution in [-0.4, -0.2) is 35.9 Å². The summed E-state index contributed by atoms with van der Waals surface area (Å²) < 4.78 is 5.94. The lowest BCUT2D eigenvalue weighted by atomic mass is 9.95. The number of rotatable bonds is 7. The van der Waals surface area contributed by atoms with Gasteiger partial charge in [0.15, 0.2) is 6.10 Å². The predicted molar refractivity (Wildman–Crippen MR) is 123 cm³/mol. The Morgan fingerprint density at radius 3 is 2.35 bits per heavy atom. The fourth-order valence-electron chi connectivity index (χ4n) is 4.17. The number of benzene rings is 2. The number of piperidine rings is 1. The van der Waals surface area contributed by atoms with Crippen LogP contribution in [0.25, 0.3) is 0 Å². The zero-order valence-corrected chi connectivity index (χ0v) is 19.1. The standard InChI is InChI=1S/C26H34N2O3/c1-18(2)24-11-10-23(16-19(24)3)31-20(4)26(30)28-14-12-22(13-15-28)25(29)27-17-21-8-6-5-7-9-21/h5-11,16,18,20,22H,12-15,17H2,1-4H3,(H,27,29). The summed E-state index contributed by atoms with van der Waals surface area (Å²) in [5, 5.41) is 3.02. The number of aryl methyl sites for hydroxylation is 1. The van der Waals surface area contributed by atoms with Crippen LogP contribution in [0.1, 0.15) is 56.2 Å². The van der Waals surface area contributed by atoms with Gasteiger partial charge >= 0.3 is 0 Å². The number of amides is 2. The van der Waals surface area contributed by atoms with Gasteiger partial charge in [0.05, 0.1) is 0 Å². The van der Waals surface area contributed by atoms with Crippen LogP contribution in [0.2, 0.25) is 0 Å². The summed E-state index contributed by atoms with van der Waals surface area (Å²) in [7, 11) is 0. The van der Waals surface area contributed by atoms with Crippen molar-refractivity contribution in [2.75, 3.05) is 13.1 Å². The molecule has 31 heavy (non-hydrogen) atoms. The number of hydrogen-bond acceptors (Lipinski definition) is 3. The maximum absolute atomic E-state index is 12.9. The summed E-state index contributed by atoms with van der Waals surface area (Å²) in [6.07, 6.45) is 0.815. The van der Waals surface area contributed by atoms with Crippen LogP contribution in [0, 0.1) is 12.8 Å². The summed E-state index contributed by atoms with van der Waals surface area (Å²) >= 11 is 0. The zero-order chi connectivity index (χ0) is 22.4. The Bertz CT molecular complexity index is 887. The summed E-state index contributed by atoms with van der Waals surface area (Å²) in [4.78, 5) is 27.2. The molecule has 1 atom stereocenters. The number of likely N-dealkylation sites (tertiary alicyclic amines) is 1. The molecule has 1 N–H and O–H groups in total. The van der Waals surface area contributed by atoms with E-state index < -0.39 is 6.10 Å². The molecule has 0 saturated carbocycles. The third-order valence-electron chi connectivity index (χ3n) is 6.01. The van der Waals surface area contributed by atoms with Crippen molar-refractivity contribution >= 4 is 11.8 Å². The van der Waals surface area contributed by atoms with Crippen molar-refractivity contribution in [3.8, 4) is 5.75 Å². The molecular weight excluding hydrogens is 388 g/mol. The first-order valence-electron chi connectivity index (χ1n) is 11.2. The number of hydrogen-bond donors (Lipinski definition) is 1. The molecule has 2 amide bonds. The second-order valence-electron chi connectivity index (χ2n) is 8.74. The van der Waals surface area contributed by atoms with E-state index in [2.05, 4.69) is 32.2 Å². The number of carbonyl (C=O) groups is 2. The fraction of sp³-hybridized carbons (Fsp3) is 0.462. The molecular formula is C26H34N2O3. The van der Waals surface area contributed by atoms with Crippen molar-refractivity contribution in [1.29, 1.82) is 0 Å². The minimum absolute atomic E-state index is 0.0197. The van der Waals surface area contributed by atoms with Gasteiger partial charge in [0.1, 0.15) is 5.75 Å². The van der Waals surface area contributed by atoms with E-state index >= 15 is 0 Å². The van der Waals surface area contributed by atoms with E-state index in [0.717, 1.165) is 11.3 Å². The number of carbonyl (C=O) groups excluding carboxylic acids is 2. The average molecular weight is 423 g/mol. The van der Waals surface area contributed by atoms with Crippen LogP contribution in [-0.2, 0) is 16.1 Å². The van der Waals surface area contributed by atoms with Crippen molar-refractivity contribution < 1.29 is 14.3 Å². The highest BCUT2D eigenvalue weighted by atomic mass is 16.5. The van der Waals surface area contributed by atoms with E-state index in [0.29, 0.717) is 38.4 Å². The van der Waals surface area contributed by atoms with Gasteiger partial charge in [0.2, 0.25) is 5.91 Å². The molecule has 1 aliphatic heterocycles. The van der Waals surface area contributed by atoms with Gasteiger partial charge in [-0.3, -0.25) is 9.59 Å². The Kier molecular flexibility index (Phi) is 7.72. The predicted octanol–water partition coefficient (Wildman–Crippen LogP) is 4.44. The van der Waals surface area contributed by atoms with E-state index in [1.165, 1.54) is 11.1 Å². The molecule has 1 saturated heterocycles. The average Bonchev–Trinajstić information content (AvgIpc) is 2.77. The van der Waals surface area contributed by atoms with Crippen molar-refractivity contribution in [2.45, 2.75) is 59.1 Å². The van der Waals surface area contributed by atoms with Gasteiger partial charge in [-0.2, -0.15) is 0 Å². The van der Waals surface area contributed by atoms with E-state index in [4.69, 9.17) is 4.74 Å². The molecule has 0 bridgehead atoms. The SMILES string of the molecule is Cc1cc(OC(C)C(=O)N2CCC(C(=O)NCc3ccccc3)CC2)ccc1C(C)C. The van der Waals surface area contributed by atoms with Crippen LogP contribution in [0.3, 0.4) is 0 Å². The second kappa shape index (κ2) is 10.5. The van der Waals surface area contributed by atoms with Gasteiger partial charge in [0.25, 0.3) is 5.91 Å². The Balaban J connectivity index is 1.47. The molecule has 2 aromatic rings. The molecule has 2 aromatic carbocycles. The second-order valence-corrected chi connectivity index (χ2v) is 8.74. The van der Waals surface area contributed by atoms with E-state index in [-0.39, 0.29) is 17.7 Å². The number of ether oxygens (including phenoxy) is 1. The quantitative estimate of drug-likeness (QED) is 0.718. The maximum Gasteiger partial charge on any atom is 0.263 e. The first kappa shape index (κ1) is 22.9. The summed E-state index contributed by atoms with van der Waals surface area (Å²) in [6, 6.07) is 15.9. The molecule has 0 aromatic heterocycles. The van der Waals surface area contributed by atoms with Gasteiger partial charge in [0, 0.05) is 25.6 Å². The molecule has 0 spiro atoms. The third kappa shape index (κ3) is 6.09. The van der Waals surface area contributed by atoms with Gasteiger partial charge in [-0.25, -0.2) is 0 Å². The molecule has 3 rings (SSSR count). The largest absolute Gasteiger partial charge is 0.481 e. The molecule has 0 radical (unpaired) electrons. The van der Waals surface area contributed by atoms with E-state index in [9.17, 15) is 9.59 Å². The molecule has 1 heterocycles. The molecule has 5 heteroatoms. The Labute approximate surface area is 185 Å². The topological polar surface area (TPSA) is 58.6 Å².